The maximum absolute atomic E-state index is 4.41. The Kier molecular flexibility index (Phi) is 9.08. The van der Waals surface area contributed by atoms with Crippen molar-refractivity contribution in [3.63, 3.8) is 0 Å². The van der Waals surface area contributed by atoms with E-state index in [2.05, 4.69) is 208 Å². The van der Waals surface area contributed by atoms with E-state index in [1.54, 1.807) is 0 Å². The molecule has 7 aromatic carbocycles. The van der Waals surface area contributed by atoms with Crippen LogP contribution in [-0.2, 0) is 5.41 Å². The molecule has 0 N–H and O–H groups in total. The number of hydrogen-bond acceptors (Lipinski definition) is 1. The number of fused-ring (bicyclic) bond motifs is 4. The molecule has 256 valence electrons. The molecule has 1 aliphatic rings. The molecule has 0 saturated carbocycles. The second kappa shape index (κ2) is 14.3. The highest BCUT2D eigenvalue weighted by molar-refractivity contribution is 6.15. The Labute approximate surface area is 313 Å². The summed E-state index contributed by atoms with van der Waals surface area (Å²) >= 11 is 0. The molecule has 7 aromatic rings. The minimum absolute atomic E-state index is 0.591. The van der Waals surface area contributed by atoms with Crippen molar-refractivity contribution < 1.29 is 0 Å². The lowest BCUT2D eigenvalue weighted by Gasteiger charge is -2.36. The molecule has 53 heavy (non-hydrogen) atoms. The molecule has 0 radical (unpaired) electrons. The minimum atomic E-state index is -0.591. The van der Waals surface area contributed by atoms with Crippen LogP contribution in [0, 0.1) is 0 Å². The van der Waals surface area contributed by atoms with Crippen molar-refractivity contribution in [3.8, 4) is 0 Å². The van der Waals surface area contributed by atoms with E-state index in [1.807, 2.05) is 12.2 Å². The number of hydrogen-bond donors (Lipinski definition) is 0. The number of rotatable bonds is 10. The van der Waals surface area contributed by atoms with Crippen LogP contribution in [0.25, 0.3) is 32.7 Å². The first-order valence-corrected chi connectivity index (χ1v) is 18.5. The second-order valence-corrected chi connectivity index (χ2v) is 13.5. The van der Waals surface area contributed by atoms with Crippen LogP contribution in [0.5, 0.6) is 0 Å². The van der Waals surface area contributed by atoms with E-state index in [-0.39, 0.29) is 0 Å². The molecule has 0 spiro atoms. The summed E-state index contributed by atoms with van der Waals surface area (Å²) in [6.45, 7) is 13.0. The van der Waals surface area contributed by atoms with E-state index < -0.39 is 5.41 Å². The topological polar surface area (TPSA) is 3.24 Å². The van der Waals surface area contributed by atoms with Crippen molar-refractivity contribution in [1.82, 2.24) is 0 Å². The number of anilines is 3. The van der Waals surface area contributed by atoms with Gasteiger partial charge in [-0.05, 0) is 104 Å². The molecule has 0 saturated heterocycles. The Balaban J connectivity index is 1.43. The average Bonchev–Trinajstić information content (AvgIpc) is 3.52. The highest BCUT2D eigenvalue weighted by Crippen LogP contribution is 2.56. The number of nitrogens with zero attached hydrogens (tertiary/aromatic N) is 1. The zero-order valence-corrected chi connectivity index (χ0v) is 30.5. The summed E-state index contributed by atoms with van der Waals surface area (Å²) in [5.74, 6) is 0. The van der Waals surface area contributed by atoms with Crippen LogP contribution in [0.1, 0.15) is 48.1 Å². The predicted molar refractivity (Wildman–Crippen MR) is 229 cm³/mol. The summed E-state index contributed by atoms with van der Waals surface area (Å²) in [7, 11) is 0. The van der Waals surface area contributed by atoms with Crippen molar-refractivity contribution in [2.45, 2.75) is 25.7 Å². The molecule has 0 unspecified atom stereocenters. The highest BCUT2D eigenvalue weighted by Gasteiger charge is 2.46. The predicted octanol–water partition coefficient (Wildman–Crippen LogP) is 14.3. The number of allylic oxidation sites excluding steroid dienone is 8. The Morgan fingerprint density at radius 3 is 1.94 bits per heavy atom. The molecule has 0 atom stereocenters. The third-order valence-electron chi connectivity index (χ3n) is 10.8. The smallest absolute Gasteiger partial charge is 0.0714 e. The Morgan fingerprint density at radius 1 is 0.642 bits per heavy atom. The lowest BCUT2D eigenvalue weighted by molar-refractivity contribution is 0.762. The second-order valence-electron chi connectivity index (χ2n) is 13.5. The molecule has 1 nitrogen and oxygen atoms in total. The normalized spacial score (nSPS) is 13.8. The Hall–Kier alpha value is -6.44. The fourth-order valence-corrected chi connectivity index (χ4v) is 8.42. The fraction of sp³-hybridized carbons (Fsp3) is 0.0769. The first kappa shape index (κ1) is 33.7. The van der Waals surface area contributed by atoms with Gasteiger partial charge in [-0.3, -0.25) is 0 Å². The van der Waals surface area contributed by atoms with Crippen LogP contribution in [-0.4, -0.2) is 0 Å². The molecule has 0 amide bonds. The van der Waals surface area contributed by atoms with Crippen LogP contribution in [0.3, 0.4) is 0 Å². The van der Waals surface area contributed by atoms with Crippen molar-refractivity contribution in [2.75, 3.05) is 4.90 Å². The van der Waals surface area contributed by atoms with Crippen LogP contribution in [0.15, 0.2) is 207 Å². The molecular weight excluding hydrogens is 639 g/mol. The molecule has 0 aliphatic heterocycles. The molecule has 0 bridgehead atoms. The summed E-state index contributed by atoms with van der Waals surface area (Å²) in [6, 6.07) is 57.6. The Bertz CT molecular complexity index is 2530. The zero-order chi connectivity index (χ0) is 36.4. The van der Waals surface area contributed by atoms with Gasteiger partial charge in [0.2, 0.25) is 0 Å². The van der Waals surface area contributed by atoms with E-state index in [4.69, 9.17) is 0 Å². The molecule has 8 rings (SSSR count). The molecule has 0 heterocycles. The van der Waals surface area contributed by atoms with E-state index >= 15 is 0 Å². The van der Waals surface area contributed by atoms with Crippen LogP contribution in [0.4, 0.5) is 17.1 Å². The summed E-state index contributed by atoms with van der Waals surface area (Å²) in [5, 5.41) is 4.89. The standard InChI is InChI=1S/C52H43N/c1-5-9-19-37(6-2)38-30-32-43(33-31-38)53(50-27-18-21-40-29-28-39-20-16-17-26-46(39)51(40)50)44-34-35-47-45(7-3)48(8-4)52(49(47)36-44,41-22-12-10-13-23-41)42-24-14-11-15-25-42/h6-36H,3-5H2,1-2H3/b19-9-,37-6+. The fourth-order valence-electron chi connectivity index (χ4n) is 8.42. The lowest BCUT2D eigenvalue weighted by Crippen LogP contribution is -2.29. The van der Waals surface area contributed by atoms with Gasteiger partial charge in [-0.1, -0.05) is 178 Å². The van der Waals surface area contributed by atoms with Gasteiger partial charge >= 0.3 is 0 Å². The van der Waals surface area contributed by atoms with Gasteiger partial charge in [0.05, 0.1) is 11.1 Å². The summed E-state index contributed by atoms with van der Waals surface area (Å²) in [6.07, 6.45) is 11.7. The summed E-state index contributed by atoms with van der Waals surface area (Å²) in [5.41, 5.74) is 12.2. The average molecular weight is 682 g/mol. The largest absolute Gasteiger partial charge is 0.310 e. The van der Waals surface area contributed by atoms with E-state index in [0.29, 0.717) is 0 Å². The first-order valence-electron chi connectivity index (χ1n) is 18.5. The van der Waals surface area contributed by atoms with Crippen molar-refractivity contribution in [2.24, 2.45) is 0 Å². The monoisotopic (exact) mass is 681 g/mol. The maximum atomic E-state index is 4.41. The van der Waals surface area contributed by atoms with Crippen molar-refractivity contribution >= 4 is 49.8 Å². The third kappa shape index (κ3) is 5.57. The van der Waals surface area contributed by atoms with Gasteiger partial charge < -0.3 is 4.90 Å². The molecule has 1 aliphatic carbocycles. The third-order valence-corrected chi connectivity index (χ3v) is 10.8. The first-order chi connectivity index (χ1) is 26.1. The highest BCUT2D eigenvalue weighted by atomic mass is 15.1. The zero-order valence-electron chi connectivity index (χ0n) is 30.5. The van der Waals surface area contributed by atoms with Gasteiger partial charge in [-0.2, -0.15) is 0 Å². The van der Waals surface area contributed by atoms with Crippen LogP contribution < -0.4 is 4.90 Å². The van der Waals surface area contributed by atoms with Gasteiger partial charge in [-0.15, -0.1) is 0 Å². The van der Waals surface area contributed by atoms with E-state index in [1.165, 1.54) is 54.9 Å². The summed E-state index contributed by atoms with van der Waals surface area (Å²) in [4.78, 5) is 2.44. The van der Waals surface area contributed by atoms with Crippen LogP contribution >= 0.6 is 0 Å². The van der Waals surface area contributed by atoms with Crippen molar-refractivity contribution in [1.29, 1.82) is 0 Å². The summed E-state index contributed by atoms with van der Waals surface area (Å²) < 4.78 is 0. The quantitative estimate of drug-likeness (QED) is 0.103. The molecule has 0 aromatic heterocycles. The van der Waals surface area contributed by atoms with E-state index in [9.17, 15) is 0 Å². The minimum Gasteiger partial charge on any atom is -0.310 e. The van der Waals surface area contributed by atoms with Crippen molar-refractivity contribution in [3.05, 3.63) is 235 Å². The van der Waals surface area contributed by atoms with E-state index in [0.717, 1.165) is 34.6 Å². The Morgan fingerprint density at radius 2 is 1.28 bits per heavy atom. The van der Waals surface area contributed by atoms with Crippen LogP contribution in [0.2, 0.25) is 0 Å². The van der Waals surface area contributed by atoms with Gasteiger partial charge in [0, 0.05) is 16.8 Å². The molecule has 0 fully saturated rings. The number of benzene rings is 7. The lowest BCUT2D eigenvalue weighted by atomic mass is 9.67. The molecule has 1 heteroatoms. The van der Waals surface area contributed by atoms with Gasteiger partial charge in [-0.25, -0.2) is 0 Å². The van der Waals surface area contributed by atoms with Gasteiger partial charge in [0.15, 0.2) is 0 Å². The SMILES string of the molecule is C=CC1=C(C=C)C(c2ccccc2)(c2ccccc2)c2cc(N(c3ccc(C(/C=C\CC)=C/C)cc3)c3cccc4ccc5ccccc5c34)ccc21. The van der Waals surface area contributed by atoms with Gasteiger partial charge in [0.25, 0.3) is 0 Å². The van der Waals surface area contributed by atoms with Gasteiger partial charge in [0.1, 0.15) is 0 Å². The maximum Gasteiger partial charge on any atom is 0.0714 e. The molecular formula is C52H43N.